The normalized spacial score (nSPS) is 14.5. The van der Waals surface area contributed by atoms with Crippen LogP contribution in [-0.4, -0.2) is 56.3 Å². The first-order valence-corrected chi connectivity index (χ1v) is 10.0. The van der Waals surface area contributed by atoms with Crippen molar-refractivity contribution in [2.24, 2.45) is 0 Å². The summed E-state index contributed by atoms with van der Waals surface area (Å²) in [7, 11) is 7.55. The maximum absolute atomic E-state index is 12.1. The number of methoxy groups -OCH3 is 5. The molecule has 1 aliphatic rings. The number of carbonyl (C=O) groups excluding carboxylic acids is 1. The van der Waals surface area contributed by atoms with Gasteiger partial charge in [0.05, 0.1) is 35.5 Å². The number of nitrogens with zero attached hydrogens (tertiary/aromatic N) is 3. The first-order chi connectivity index (χ1) is 16.0. The lowest BCUT2D eigenvalue weighted by Crippen LogP contribution is -2.20. The molecule has 0 aliphatic carbocycles. The number of aromatic nitrogens is 3. The van der Waals surface area contributed by atoms with Crippen LogP contribution in [0.3, 0.4) is 0 Å². The Bertz CT molecular complexity index is 1190. The third-order valence-corrected chi connectivity index (χ3v) is 5.24. The summed E-state index contributed by atoms with van der Waals surface area (Å²) in [5.74, 6) is 1.87. The highest BCUT2D eigenvalue weighted by Crippen LogP contribution is 2.42. The second-order valence-electron chi connectivity index (χ2n) is 7.04. The summed E-state index contributed by atoms with van der Waals surface area (Å²) >= 11 is 0. The molecular weight excluding hydrogens is 428 g/mol. The number of carbonyl (C=O) groups is 1. The first kappa shape index (κ1) is 22.0. The summed E-state index contributed by atoms with van der Waals surface area (Å²) < 4.78 is 28.3. The molecule has 0 saturated heterocycles. The molecule has 0 spiro atoms. The third kappa shape index (κ3) is 4.02. The van der Waals surface area contributed by atoms with Gasteiger partial charge in [0, 0.05) is 11.3 Å². The second kappa shape index (κ2) is 9.11. The topological polar surface area (TPSA) is 106 Å². The molecule has 1 N–H and O–H groups in total. The lowest BCUT2D eigenvalue weighted by molar-refractivity contribution is 0.0586. The second-order valence-corrected chi connectivity index (χ2v) is 7.04. The van der Waals surface area contributed by atoms with Crippen molar-refractivity contribution in [3.05, 3.63) is 59.4 Å². The predicted octanol–water partition coefficient (Wildman–Crippen LogP) is 3.16. The van der Waals surface area contributed by atoms with E-state index in [1.807, 2.05) is 42.5 Å². The summed E-state index contributed by atoms with van der Waals surface area (Å²) in [6.07, 6.45) is 1.97. The molecule has 1 aromatic heterocycles. The van der Waals surface area contributed by atoms with Crippen LogP contribution in [0.4, 0.5) is 5.95 Å². The Balaban J connectivity index is 1.89. The number of anilines is 1. The Morgan fingerprint density at radius 1 is 0.970 bits per heavy atom. The highest BCUT2D eigenvalue weighted by Gasteiger charge is 2.29. The van der Waals surface area contributed by atoms with Gasteiger partial charge in [-0.2, -0.15) is 4.98 Å². The lowest BCUT2D eigenvalue weighted by Gasteiger charge is -2.25. The zero-order valence-corrected chi connectivity index (χ0v) is 18.9. The van der Waals surface area contributed by atoms with E-state index in [-0.39, 0.29) is 5.82 Å². The van der Waals surface area contributed by atoms with E-state index in [2.05, 4.69) is 15.4 Å². The van der Waals surface area contributed by atoms with Gasteiger partial charge in [-0.1, -0.05) is 12.1 Å². The largest absolute Gasteiger partial charge is 0.497 e. The Morgan fingerprint density at radius 3 is 2.30 bits per heavy atom. The fourth-order valence-corrected chi connectivity index (χ4v) is 3.64. The van der Waals surface area contributed by atoms with Crippen molar-refractivity contribution in [3.63, 3.8) is 0 Å². The van der Waals surface area contributed by atoms with E-state index in [1.165, 1.54) is 7.11 Å². The van der Waals surface area contributed by atoms with Gasteiger partial charge >= 0.3 is 5.97 Å². The lowest BCUT2D eigenvalue weighted by atomic mass is 10.0. The van der Waals surface area contributed by atoms with Gasteiger partial charge in [0.1, 0.15) is 11.8 Å². The van der Waals surface area contributed by atoms with E-state index in [9.17, 15) is 4.79 Å². The molecule has 0 radical (unpaired) electrons. The van der Waals surface area contributed by atoms with Gasteiger partial charge < -0.3 is 29.0 Å². The van der Waals surface area contributed by atoms with Crippen molar-refractivity contribution in [1.82, 2.24) is 14.8 Å². The van der Waals surface area contributed by atoms with Crippen molar-refractivity contribution in [2.45, 2.75) is 6.04 Å². The highest BCUT2D eigenvalue weighted by atomic mass is 16.5. The number of nitrogens with one attached hydrogen (secondary N) is 1. The molecule has 2 heterocycles. The number of hydrogen-bond donors (Lipinski definition) is 1. The molecule has 10 nitrogen and oxygen atoms in total. The van der Waals surface area contributed by atoms with Crippen LogP contribution in [0.2, 0.25) is 0 Å². The van der Waals surface area contributed by atoms with E-state index in [1.54, 1.807) is 33.1 Å². The predicted molar refractivity (Wildman–Crippen MR) is 120 cm³/mol. The molecule has 1 aliphatic heterocycles. The van der Waals surface area contributed by atoms with Crippen molar-refractivity contribution >= 4 is 17.6 Å². The molecule has 2 aromatic carbocycles. The van der Waals surface area contributed by atoms with Crippen molar-refractivity contribution in [2.75, 3.05) is 40.9 Å². The molecule has 4 rings (SSSR count). The molecular formula is C23H24N4O6. The molecule has 0 saturated carbocycles. The monoisotopic (exact) mass is 452 g/mol. The molecule has 33 heavy (non-hydrogen) atoms. The van der Waals surface area contributed by atoms with Crippen molar-refractivity contribution < 1.29 is 28.5 Å². The molecule has 1 atom stereocenters. The van der Waals surface area contributed by atoms with E-state index in [4.69, 9.17) is 23.7 Å². The van der Waals surface area contributed by atoms with Gasteiger partial charge in [0.25, 0.3) is 5.82 Å². The summed E-state index contributed by atoms with van der Waals surface area (Å²) in [4.78, 5) is 16.5. The average molecular weight is 452 g/mol. The van der Waals surface area contributed by atoms with Crippen LogP contribution in [0.1, 0.15) is 27.8 Å². The fraction of sp³-hybridized carbons (Fsp3) is 0.261. The summed E-state index contributed by atoms with van der Waals surface area (Å²) in [6, 6.07) is 10.8. The fourth-order valence-electron chi connectivity index (χ4n) is 3.64. The van der Waals surface area contributed by atoms with Gasteiger partial charge in [-0.3, -0.25) is 0 Å². The van der Waals surface area contributed by atoms with E-state index in [0.717, 1.165) is 16.8 Å². The van der Waals surface area contributed by atoms with E-state index < -0.39 is 12.0 Å². The number of hydrogen-bond acceptors (Lipinski definition) is 9. The van der Waals surface area contributed by atoms with Crippen molar-refractivity contribution in [3.8, 4) is 23.0 Å². The number of rotatable bonds is 7. The van der Waals surface area contributed by atoms with E-state index >= 15 is 0 Å². The van der Waals surface area contributed by atoms with Gasteiger partial charge in [-0.05, 0) is 35.9 Å². The molecule has 0 bridgehead atoms. The standard InChI is InChI=1S/C23H24N4O6/c1-29-15-8-6-7-13(9-15)16-12-17(27-23(24-16)25-21(26-27)22(28)33-5)14-10-18(30-2)20(32-4)19(11-14)31-3/h6-12,17H,1-5H3,(H,24,25,26)/t17-/m0/s1. The zero-order chi connectivity index (χ0) is 23.5. The molecule has 0 fully saturated rings. The maximum Gasteiger partial charge on any atom is 0.378 e. The summed E-state index contributed by atoms with van der Waals surface area (Å²) in [5.41, 5.74) is 2.43. The van der Waals surface area contributed by atoms with Crippen LogP contribution in [0.25, 0.3) is 5.70 Å². The Kier molecular flexibility index (Phi) is 6.07. The van der Waals surface area contributed by atoms with Crippen LogP contribution in [0.5, 0.6) is 23.0 Å². The third-order valence-electron chi connectivity index (χ3n) is 5.24. The molecule has 0 amide bonds. The summed E-state index contributed by atoms with van der Waals surface area (Å²) in [5, 5.41) is 7.62. The van der Waals surface area contributed by atoms with E-state index in [0.29, 0.717) is 28.9 Å². The average Bonchev–Trinajstić information content (AvgIpc) is 3.31. The van der Waals surface area contributed by atoms with Crippen LogP contribution < -0.4 is 24.3 Å². The number of benzene rings is 2. The van der Waals surface area contributed by atoms with Crippen molar-refractivity contribution in [1.29, 1.82) is 0 Å². The molecule has 3 aromatic rings. The number of ether oxygens (including phenoxy) is 5. The number of esters is 1. The quantitative estimate of drug-likeness (QED) is 0.541. The van der Waals surface area contributed by atoms with Gasteiger partial charge in [-0.25, -0.2) is 9.48 Å². The van der Waals surface area contributed by atoms with Gasteiger partial charge in [0.15, 0.2) is 11.5 Å². The number of allylic oxidation sites excluding steroid dienone is 1. The minimum absolute atomic E-state index is 0.0577. The van der Waals surface area contributed by atoms with Crippen LogP contribution >= 0.6 is 0 Å². The van der Waals surface area contributed by atoms with Gasteiger partial charge in [0.2, 0.25) is 11.7 Å². The Morgan fingerprint density at radius 2 is 1.70 bits per heavy atom. The zero-order valence-electron chi connectivity index (χ0n) is 18.9. The Hall–Kier alpha value is -4.21. The minimum atomic E-state index is -0.634. The van der Waals surface area contributed by atoms with Crippen LogP contribution in [-0.2, 0) is 4.74 Å². The molecule has 0 unspecified atom stereocenters. The Labute approximate surface area is 190 Å². The van der Waals surface area contributed by atoms with Crippen LogP contribution in [0.15, 0.2) is 42.5 Å². The number of fused-ring (bicyclic) bond motifs is 1. The van der Waals surface area contributed by atoms with Gasteiger partial charge in [-0.15, -0.1) is 5.10 Å². The van der Waals surface area contributed by atoms with Crippen LogP contribution in [0, 0.1) is 0 Å². The molecule has 172 valence electrons. The maximum atomic E-state index is 12.1. The SMILES string of the molecule is COC(=O)c1nc2n(n1)[C@H](c1cc(OC)c(OC)c(OC)c1)C=C(c1cccc(OC)c1)N2. The minimum Gasteiger partial charge on any atom is -0.497 e. The first-order valence-electron chi connectivity index (χ1n) is 10.0. The summed E-state index contributed by atoms with van der Waals surface area (Å²) in [6.45, 7) is 0. The molecule has 10 heteroatoms. The highest BCUT2D eigenvalue weighted by molar-refractivity contribution is 5.86. The smallest absolute Gasteiger partial charge is 0.378 e.